The Morgan fingerprint density at radius 1 is 1.32 bits per heavy atom. The number of benzene rings is 1. The molecule has 0 atom stereocenters. The third kappa shape index (κ3) is 4.73. The topological polar surface area (TPSA) is 84.2 Å². The zero-order valence-electron chi connectivity index (χ0n) is 12.5. The lowest BCUT2D eigenvalue weighted by Crippen LogP contribution is -2.26. The van der Waals surface area contributed by atoms with E-state index in [9.17, 15) is 9.59 Å². The van der Waals surface area contributed by atoms with Crippen molar-refractivity contribution in [1.29, 1.82) is 0 Å². The van der Waals surface area contributed by atoms with E-state index in [0.717, 1.165) is 18.4 Å². The summed E-state index contributed by atoms with van der Waals surface area (Å²) in [4.78, 5) is 22.7. The molecule has 0 aliphatic carbocycles. The summed E-state index contributed by atoms with van der Waals surface area (Å²) in [6.45, 7) is 0.590. The maximum absolute atomic E-state index is 11.8. The fourth-order valence-corrected chi connectivity index (χ4v) is 2.18. The zero-order valence-corrected chi connectivity index (χ0v) is 12.5. The van der Waals surface area contributed by atoms with Gasteiger partial charge in [-0.1, -0.05) is 12.1 Å². The number of carboxylic acids is 1. The standard InChI is InChI=1S/C16H19N3O3/c1-19-11-13(10-18-19)5-3-7-17-15(20)9-12-4-2-6-14(8-12)16(21)22/h2,4,6,8,10-11H,3,5,7,9H2,1H3,(H,17,20)(H,21,22). The number of rotatable bonds is 7. The van der Waals surface area contributed by atoms with Crippen molar-refractivity contribution < 1.29 is 14.7 Å². The van der Waals surface area contributed by atoms with Gasteiger partial charge >= 0.3 is 5.97 Å². The molecule has 1 aromatic carbocycles. The summed E-state index contributed by atoms with van der Waals surface area (Å²) in [6.07, 6.45) is 5.67. The first-order valence-corrected chi connectivity index (χ1v) is 7.11. The molecule has 6 heteroatoms. The van der Waals surface area contributed by atoms with Crippen LogP contribution >= 0.6 is 0 Å². The van der Waals surface area contributed by atoms with Gasteiger partial charge in [-0.15, -0.1) is 0 Å². The number of hydrogen-bond acceptors (Lipinski definition) is 3. The first kappa shape index (κ1) is 15.8. The van der Waals surface area contributed by atoms with Gasteiger partial charge in [-0.05, 0) is 36.1 Å². The van der Waals surface area contributed by atoms with E-state index in [1.165, 1.54) is 12.1 Å². The lowest BCUT2D eigenvalue weighted by molar-refractivity contribution is -0.120. The molecule has 1 aromatic heterocycles. The highest BCUT2D eigenvalue weighted by Crippen LogP contribution is 2.06. The predicted octanol–water partition coefficient (Wildman–Crippen LogP) is 1.41. The smallest absolute Gasteiger partial charge is 0.335 e. The molecule has 2 rings (SSSR count). The van der Waals surface area contributed by atoms with Gasteiger partial charge in [0.2, 0.25) is 5.91 Å². The van der Waals surface area contributed by atoms with Gasteiger partial charge in [0, 0.05) is 19.8 Å². The number of aromatic carboxylic acids is 1. The zero-order chi connectivity index (χ0) is 15.9. The molecule has 0 unspecified atom stereocenters. The van der Waals surface area contributed by atoms with E-state index < -0.39 is 5.97 Å². The summed E-state index contributed by atoms with van der Waals surface area (Å²) in [5.41, 5.74) is 2.04. The maximum atomic E-state index is 11.8. The van der Waals surface area contributed by atoms with Gasteiger partial charge in [-0.2, -0.15) is 5.10 Å². The third-order valence-electron chi connectivity index (χ3n) is 3.26. The van der Waals surface area contributed by atoms with Gasteiger partial charge in [0.1, 0.15) is 0 Å². The molecular formula is C16H19N3O3. The molecule has 2 aromatic rings. The first-order valence-electron chi connectivity index (χ1n) is 7.11. The predicted molar refractivity (Wildman–Crippen MR) is 81.6 cm³/mol. The van der Waals surface area contributed by atoms with Crippen LogP contribution < -0.4 is 5.32 Å². The van der Waals surface area contributed by atoms with Crippen LogP contribution in [0.5, 0.6) is 0 Å². The molecule has 1 amide bonds. The summed E-state index contributed by atoms with van der Waals surface area (Å²) in [6, 6.07) is 6.44. The monoisotopic (exact) mass is 301 g/mol. The Hall–Kier alpha value is -2.63. The molecule has 2 N–H and O–H groups in total. The minimum absolute atomic E-state index is 0.103. The lowest BCUT2D eigenvalue weighted by Gasteiger charge is -2.05. The Labute approximate surface area is 128 Å². The Bertz CT molecular complexity index is 664. The third-order valence-corrected chi connectivity index (χ3v) is 3.26. The molecular weight excluding hydrogens is 282 g/mol. The van der Waals surface area contributed by atoms with Crippen LogP contribution in [0.4, 0.5) is 0 Å². The number of hydrogen-bond donors (Lipinski definition) is 2. The highest BCUT2D eigenvalue weighted by atomic mass is 16.4. The maximum Gasteiger partial charge on any atom is 0.335 e. The Morgan fingerprint density at radius 2 is 2.14 bits per heavy atom. The fourth-order valence-electron chi connectivity index (χ4n) is 2.18. The lowest BCUT2D eigenvalue weighted by atomic mass is 10.1. The first-order chi connectivity index (χ1) is 10.5. The molecule has 1 heterocycles. The van der Waals surface area contributed by atoms with Crippen molar-refractivity contribution in [2.24, 2.45) is 7.05 Å². The van der Waals surface area contributed by atoms with Crippen molar-refractivity contribution >= 4 is 11.9 Å². The second kappa shape index (κ2) is 7.40. The van der Waals surface area contributed by atoms with E-state index in [1.807, 2.05) is 19.4 Å². The van der Waals surface area contributed by atoms with Crippen molar-refractivity contribution in [2.75, 3.05) is 6.54 Å². The van der Waals surface area contributed by atoms with Crippen molar-refractivity contribution in [3.8, 4) is 0 Å². The molecule has 22 heavy (non-hydrogen) atoms. The van der Waals surface area contributed by atoms with E-state index in [-0.39, 0.29) is 17.9 Å². The summed E-state index contributed by atoms with van der Waals surface area (Å²) in [5, 5.41) is 15.9. The van der Waals surface area contributed by atoms with Gasteiger partial charge < -0.3 is 10.4 Å². The summed E-state index contributed by atoms with van der Waals surface area (Å²) < 4.78 is 1.75. The molecule has 0 saturated heterocycles. The molecule has 0 spiro atoms. The quantitative estimate of drug-likeness (QED) is 0.757. The van der Waals surface area contributed by atoms with Crippen LogP contribution in [0.3, 0.4) is 0 Å². The average Bonchev–Trinajstić information content (AvgIpc) is 2.89. The second-order valence-electron chi connectivity index (χ2n) is 5.16. The number of carboxylic acid groups (broad SMARTS) is 1. The number of nitrogens with one attached hydrogen (secondary N) is 1. The normalized spacial score (nSPS) is 10.4. The van der Waals surface area contributed by atoms with Crippen LogP contribution in [-0.2, 0) is 24.7 Å². The van der Waals surface area contributed by atoms with E-state index in [2.05, 4.69) is 10.4 Å². The number of carbonyl (C=O) groups is 2. The molecule has 6 nitrogen and oxygen atoms in total. The minimum atomic E-state index is -0.987. The minimum Gasteiger partial charge on any atom is -0.478 e. The number of amides is 1. The van der Waals surface area contributed by atoms with Crippen LogP contribution in [0.25, 0.3) is 0 Å². The van der Waals surface area contributed by atoms with Gasteiger partial charge in [-0.3, -0.25) is 9.48 Å². The number of aryl methyl sites for hydroxylation is 2. The van der Waals surface area contributed by atoms with Crippen molar-refractivity contribution in [3.05, 3.63) is 53.3 Å². The van der Waals surface area contributed by atoms with Crippen LogP contribution in [0.1, 0.15) is 27.9 Å². The van der Waals surface area contributed by atoms with Crippen molar-refractivity contribution in [3.63, 3.8) is 0 Å². The van der Waals surface area contributed by atoms with E-state index in [4.69, 9.17) is 5.11 Å². The van der Waals surface area contributed by atoms with Crippen LogP contribution in [0.2, 0.25) is 0 Å². The summed E-state index contributed by atoms with van der Waals surface area (Å²) >= 11 is 0. The number of nitrogens with zero attached hydrogens (tertiary/aromatic N) is 2. The number of aromatic nitrogens is 2. The Morgan fingerprint density at radius 3 is 2.82 bits per heavy atom. The van der Waals surface area contributed by atoms with Crippen LogP contribution in [0, 0.1) is 0 Å². The van der Waals surface area contributed by atoms with Crippen LogP contribution in [-0.4, -0.2) is 33.3 Å². The summed E-state index contributed by atoms with van der Waals surface area (Å²) in [5.74, 6) is -1.09. The van der Waals surface area contributed by atoms with Gasteiger partial charge in [0.05, 0.1) is 18.2 Å². The highest BCUT2D eigenvalue weighted by Gasteiger charge is 2.07. The molecule has 0 radical (unpaired) electrons. The van der Waals surface area contributed by atoms with E-state index >= 15 is 0 Å². The molecule has 0 saturated carbocycles. The van der Waals surface area contributed by atoms with Crippen molar-refractivity contribution in [2.45, 2.75) is 19.3 Å². The molecule has 116 valence electrons. The molecule has 0 fully saturated rings. The summed E-state index contributed by atoms with van der Waals surface area (Å²) in [7, 11) is 1.87. The van der Waals surface area contributed by atoms with E-state index in [1.54, 1.807) is 16.8 Å². The second-order valence-corrected chi connectivity index (χ2v) is 5.16. The largest absolute Gasteiger partial charge is 0.478 e. The Kier molecular flexibility index (Phi) is 5.30. The SMILES string of the molecule is Cn1cc(CCCNC(=O)Cc2cccc(C(=O)O)c2)cn1. The average molecular weight is 301 g/mol. The van der Waals surface area contributed by atoms with Crippen LogP contribution in [0.15, 0.2) is 36.7 Å². The molecule has 0 aliphatic heterocycles. The molecule has 0 aliphatic rings. The van der Waals surface area contributed by atoms with Gasteiger partial charge in [0.15, 0.2) is 0 Å². The highest BCUT2D eigenvalue weighted by molar-refractivity contribution is 5.88. The molecule has 0 bridgehead atoms. The fraction of sp³-hybridized carbons (Fsp3) is 0.312. The number of carbonyl (C=O) groups excluding carboxylic acids is 1. The van der Waals surface area contributed by atoms with Crippen molar-refractivity contribution in [1.82, 2.24) is 15.1 Å². The van der Waals surface area contributed by atoms with Gasteiger partial charge in [-0.25, -0.2) is 4.79 Å². The van der Waals surface area contributed by atoms with E-state index in [0.29, 0.717) is 12.1 Å². The Balaban J connectivity index is 1.73. The van der Waals surface area contributed by atoms with Gasteiger partial charge in [0.25, 0.3) is 0 Å².